The van der Waals surface area contributed by atoms with Crippen molar-refractivity contribution in [1.82, 2.24) is 0 Å². The lowest BCUT2D eigenvalue weighted by molar-refractivity contribution is -0.129. The third-order valence-corrected chi connectivity index (χ3v) is 2.96. The second-order valence-corrected chi connectivity index (χ2v) is 3.90. The summed E-state index contributed by atoms with van der Waals surface area (Å²) in [4.78, 5) is 22.9. The molecule has 0 aliphatic carbocycles. The molecule has 0 aromatic carbocycles. The summed E-state index contributed by atoms with van der Waals surface area (Å²) in [5, 5.41) is 0. The van der Waals surface area contributed by atoms with Gasteiger partial charge in [0.2, 0.25) is 0 Å². The summed E-state index contributed by atoms with van der Waals surface area (Å²) in [6, 6.07) is 0. The monoisotopic (exact) mass is 198 g/mol. The largest absolute Gasteiger partial charge is 0.300 e. The van der Waals surface area contributed by atoms with Crippen molar-refractivity contribution >= 4 is 11.6 Å². The van der Waals surface area contributed by atoms with Crippen molar-refractivity contribution in [2.75, 3.05) is 0 Å². The van der Waals surface area contributed by atoms with E-state index in [4.69, 9.17) is 0 Å². The number of carbonyl (C=O) groups is 2. The van der Waals surface area contributed by atoms with E-state index in [0.717, 1.165) is 19.3 Å². The minimum absolute atomic E-state index is 0.0527. The SMILES string of the molecule is CCC(CC)C(=O)C[C@@H](CC)C(C)=O. The van der Waals surface area contributed by atoms with Gasteiger partial charge in [-0.15, -0.1) is 0 Å². The molecule has 0 unspecified atom stereocenters. The zero-order chi connectivity index (χ0) is 11.1. The predicted molar refractivity (Wildman–Crippen MR) is 58.2 cm³/mol. The Morgan fingerprint density at radius 2 is 1.36 bits per heavy atom. The molecule has 0 saturated heterocycles. The van der Waals surface area contributed by atoms with E-state index < -0.39 is 0 Å². The molecule has 0 aliphatic rings. The number of rotatable bonds is 7. The third-order valence-electron chi connectivity index (χ3n) is 2.96. The predicted octanol–water partition coefficient (Wildman–Crippen LogP) is 3.00. The van der Waals surface area contributed by atoms with E-state index in [9.17, 15) is 9.59 Å². The molecule has 2 heteroatoms. The van der Waals surface area contributed by atoms with Gasteiger partial charge in [-0.3, -0.25) is 9.59 Å². The molecule has 0 bridgehead atoms. The number of ketones is 2. The summed E-state index contributed by atoms with van der Waals surface area (Å²) in [5.74, 6) is 0.510. The van der Waals surface area contributed by atoms with Gasteiger partial charge in [0.1, 0.15) is 11.6 Å². The van der Waals surface area contributed by atoms with Gasteiger partial charge in [-0.25, -0.2) is 0 Å². The zero-order valence-electron chi connectivity index (χ0n) is 9.80. The average Bonchev–Trinajstić information content (AvgIpc) is 2.15. The summed E-state index contributed by atoms with van der Waals surface area (Å²) >= 11 is 0. The highest BCUT2D eigenvalue weighted by atomic mass is 16.1. The van der Waals surface area contributed by atoms with E-state index in [1.54, 1.807) is 6.92 Å². The van der Waals surface area contributed by atoms with Gasteiger partial charge < -0.3 is 0 Å². The van der Waals surface area contributed by atoms with Gasteiger partial charge in [-0.1, -0.05) is 20.8 Å². The van der Waals surface area contributed by atoms with Crippen LogP contribution in [0.2, 0.25) is 0 Å². The molecule has 0 radical (unpaired) electrons. The Labute approximate surface area is 87.1 Å². The topological polar surface area (TPSA) is 34.1 Å². The van der Waals surface area contributed by atoms with E-state index in [1.807, 2.05) is 20.8 Å². The van der Waals surface area contributed by atoms with Crippen LogP contribution in [0.1, 0.15) is 53.4 Å². The van der Waals surface area contributed by atoms with Gasteiger partial charge in [0.25, 0.3) is 0 Å². The van der Waals surface area contributed by atoms with Crippen LogP contribution in [0.4, 0.5) is 0 Å². The first-order valence-electron chi connectivity index (χ1n) is 5.59. The van der Waals surface area contributed by atoms with E-state index in [1.165, 1.54) is 0 Å². The Hall–Kier alpha value is -0.660. The van der Waals surface area contributed by atoms with Crippen molar-refractivity contribution in [3.63, 3.8) is 0 Å². The molecule has 14 heavy (non-hydrogen) atoms. The van der Waals surface area contributed by atoms with Crippen LogP contribution < -0.4 is 0 Å². The first-order chi connectivity index (χ1) is 6.56. The van der Waals surface area contributed by atoms with Crippen LogP contribution in [0.5, 0.6) is 0 Å². The fourth-order valence-corrected chi connectivity index (χ4v) is 1.73. The highest BCUT2D eigenvalue weighted by molar-refractivity contribution is 5.87. The lowest BCUT2D eigenvalue weighted by Gasteiger charge is -2.15. The van der Waals surface area contributed by atoms with Crippen molar-refractivity contribution in [2.45, 2.75) is 53.4 Å². The minimum atomic E-state index is -0.0527. The lowest BCUT2D eigenvalue weighted by atomic mass is 9.88. The smallest absolute Gasteiger partial charge is 0.136 e. The van der Waals surface area contributed by atoms with Crippen LogP contribution >= 0.6 is 0 Å². The van der Waals surface area contributed by atoms with Gasteiger partial charge in [-0.05, 0) is 26.2 Å². The van der Waals surface area contributed by atoms with Gasteiger partial charge >= 0.3 is 0 Å². The van der Waals surface area contributed by atoms with Gasteiger partial charge in [0.15, 0.2) is 0 Å². The number of hydrogen-bond donors (Lipinski definition) is 0. The minimum Gasteiger partial charge on any atom is -0.300 e. The second-order valence-electron chi connectivity index (χ2n) is 3.90. The first kappa shape index (κ1) is 13.3. The van der Waals surface area contributed by atoms with Crippen LogP contribution in [0, 0.1) is 11.8 Å². The number of hydrogen-bond acceptors (Lipinski definition) is 2. The van der Waals surface area contributed by atoms with E-state index in [2.05, 4.69) is 0 Å². The van der Waals surface area contributed by atoms with Crippen molar-refractivity contribution in [3.8, 4) is 0 Å². The highest BCUT2D eigenvalue weighted by Crippen LogP contribution is 2.17. The first-order valence-corrected chi connectivity index (χ1v) is 5.59. The maximum Gasteiger partial charge on any atom is 0.136 e. The Kier molecular flexibility index (Phi) is 6.43. The zero-order valence-corrected chi connectivity index (χ0v) is 9.80. The molecule has 0 heterocycles. The molecule has 0 aliphatic heterocycles. The van der Waals surface area contributed by atoms with Crippen LogP contribution in [0.3, 0.4) is 0 Å². The lowest BCUT2D eigenvalue weighted by Crippen LogP contribution is -2.20. The Morgan fingerprint density at radius 1 is 0.929 bits per heavy atom. The van der Waals surface area contributed by atoms with E-state index in [-0.39, 0.29) is 23.4 Å². The molecular weight excluding hydrogens is 176 g/mol. The summed E-state index contributed by atoms with van der Waals surface area (Å²) in [6.07, 6.45) is 3.01. The highest BCUT2D eigenvalue weighted by Gasteiger charge is 2.20. The van der Waals surface area contributed by atoms with Gasteiger partial charge in [0, 0.05) is 18.3 Å². The van der Waals surface area contributed by atoms with Crippen LogP contribution in [-0.4, -0.2) is 11.6 Å². The van der Waals surface area contributed by atoms with Crippen LogP contribution in [0.25, 0.3) is 0 Å². The Morgan fingerprint density at radius 3 is 1.64 bits per heavy atom. The summed E-state index contributed by atoms with van der Waals surface area (Å²) in [7, 11) is 0. The summed E-state index contributed by atoms with van der Waals surface area (Å²) in [5.41, 5.74) is 0. The molecule has 0 N–H and O–H groups in total. The quantitative estimate of drug-likeness (QED) is 0.630. The van der Waals surface area contributed by atoms with E-state index >= 15 is 0 Å². The Bertz CT molecular complexity index is 192. The van der Waals surface area contributed by atoms with Gasteiger partial charge in [-0.2, -0.15) is 0 Å². The van der Waals surface area contributed by atoms with Crippen molar-refractivity contribution in [1.29, 1.82) is 0 Å². The Balaban J connectivity index is 4.20. The number of Topliss-reactive ketones (excluding diaryl/α,β-unsaturated/α-hetero) is 2. The molecular formula is C12H22O2. The third kappa shape index (κ3) is 4.03. The van der Waals surface area contributed by atoms with Crippen molar-refractivity contribution < 1.29 is 9.59 Å². The van der Waals surface area contributed by atoms with Crippen molar-refractivity contribution in [2.24, 2.45) is 11.8 Å². The second kappa shape index (κ2) is 6.74. The fourth-order valence-electron chi connectivity index (χ4n) is 1.73. The van der Waals surface area contributed by atoms with E-state index in [0.29, 0.717) is 6.42 Å². The maximum absolute atomic E-state index is 11.7. The summed E-state index contributed by atoms with van der Waals surface area (Å²) < 4.78 is 0. The molecule has 0 spiro atoms. The molecule has 82 valence electrons. The summed E-state index contributed by atoms with van der Waals surface area (Å²) in [6.45, 7) is 7.60. The molecule has 0 aromatic rings. The molecule has 0 rings (SSSR count). The van der Waals surface area contributed by atoms with Crippen molar-refractivity contribution in [3.05, 3.63) is 0 Å². The fraction of sp³-hybridized carbons (Fsp3) is 0.833. The molecule has 0 saturated carbocycles. The molecule has 1 atom stereocenters. The molecule has 0 amide bonds. The van der Waals surface area contributed by atoms with Gasteiger partial charge in [0.05, 0.1) is 0 Å². The maximum atomic E-state index is 11.7. The number of carbonyl (C=O) groups excluding carboxylic acids is 2. The molecule has 0 aromatic heterocycles. The average molecular weight is 198 g/mol. The normalized spacial score (nSPS) is 12.9. The molecule has 0 fully saturated rings. The van der Waals surface area contributed by atoms with Crippen LogP contribution in [-0.2, 0) is 9.59 Å². The molecule has 2 nitrogen and oxygen atoms in total. The standard InChI is InChI=1S/C12H22O2/c1-5-10(6-2)12(14)8-11(7-3)9(4)13/h10-11H,5-8H2,1-4H3/t11-/m1/s1. The van der Waals surface area contributed by atoms with Crippen LogP contribution in [0.15, 0.2) is 0 Å².